The Morgan fingerprint density at radius 1 is 1.07 bits per heavy atom. The van der Waals surface area contributed by atoms with Crippen LogP contribution in [0.25, 0.3) is 11.0 Å². The maximum absolute atomic E-state index is 12.3. The Kier molecular flexibility index (Phi) is 4.83. The highest BCUT2D eigenvalue weighted by Crippen LogP contribution is 2.26. The molecule has 2 aromatic heterocycles. The summed E-state index contributed by atoms with van der Waals surface area (Å²) in [5.41, 5.74) is 2.69. The quantitative estimate of drug-likeness (QED) is 0.526. The van der Waals surface area contributed by atoms with Crippen molar-refractivity contribution in [2.75, 3.05) is 5.32 Å². The Hall–Kier alpha value is -3.56. The van der Waals surface area contributed by atoms with Crippen LogP contribution in [0.5, 0.6) is 5.75 Å². The molecule has 0 aliphatic rings. The number of anilines is 2. The summed E-state index contributed by atoms with van der Waals surface area (Å²) in [5.74, 6) is 0.184. The van der Waals surface area contributed by atoms with E-state index >= 15 is 0 Å². The lowest BCUT2D eigenvalue weighted by molar-refractivity contribution is -0.274. The van der Waals surface area contributed by atoms with Crippen molar-refractivity contribution in [3.05, 3.63) is 66.6 Å². The minimum absolute atomic E-state index is 0.300. The van der Waals surface area contributed by atoms with E-state index in [9.17, 15) is 13.2 Å². The van der Waals surface area contributed by atoms with Crippen molar-refractivity contribution in [1.29, 1.82) is 0 Å². The fraction of sp³-hybridized carbons (Fsp3) is 0.105. The van der Waals surface area contributed by atoms with Gasteiger partial charge >= 0.3 is 6.36 Å². The molecule has 0 aliphatic carbocycles. The number of hydrogen-bond acceptors (Lipinski definition) is 5. The molecular formula is C19H13BF3N5O. The molecule has 0 unspecified atom stereocenters. The molecule has 0 aliphatic heterocycles. The molecule has 2 radical (unpaired) electrons. The fourth-order valence-corrected chi connectivity index (χ4v) is 2.82. The van der Waals surface area contributed by atoms with Crippen LogP contribution in [0.15, 0.2) is 61.1 Å². The second-order valence-corrected chi connectivity index (χ2v) is 6.23. The average molecular weight is 395 g/mol. The van der Waals surface area contributed by atoms with Gasteiger partial charge in [-0.3, -0.25) is 4.68 Å². The number of nitrogens with one attached hydrogen (secondary N) is 1. The molecule has 29 heavy (non-hydrogen) atoms. The Morgan fingerprint density at radius 2 is 1.86 bits per heavy atom. The van der Waals surface area contributed by atoms with E-state index in [1.165, 1.54) is 30.6 Å². The second-order valence-electron chi connectivity index (χ2n) is 6.23. The third-order valence-corrected chi connectivity index (χ3v) is 4.01. The molecule has 4 aromatic rings. The average Bonchev–Trinajstić information content (AvgIpc) is 3.05. The third kappa shape index (κ3) is 4.65. The highest BCUT2D eigenvalue weighted by atomic mass is 19.4. The first-order valence-corrected chi connectivity index (χ1v) is 8.51. The van der Waals surface area contributed by atoms with Gasteiger partial charge in [-0.2, -0.15) is 5.10 Å². The van der Waals surface area contributed by atoms with Crippen LogP contribution in [0.2, 0.25) is 0 Å². The minimum Gasteiger partial charge on any atom is -0.406 e. The van der Waals surface area contributed by atoms with E-state index in [1.807, 2.05) is 24.3 Å². The van der Waals surface area contributed by atoms with Crippen molar-refractivity contribution >= 4 is 35.8 Å². The molecule has 2 aromatic carbocycles. The fourth-order valence-electron chi connectivity index (χ4n) is 2.82. The number of ether oxygens (including phenoxy) is 1. The van der Waals surface area contributed by atoms with Gasteiger partial charge in [0.05, 0.1) is 11.9 Å². The van der Waals surface area contributed by atoms with Crippen molar-refractivity contribution in [2.24, 2.45) is 0 Å². The molecule has 0 fully saturated rings. The van der Waals surface area contributed by atoms with Crippen molar-refractivity contribution < 1.29 is 17.9 Å². The first kappa shape index (κ1) is 18.8. The zero-order valence-corrected chi connectivity index (χ0v) is 14.9. The van der Waals surface area contributed by atoms with E-state index in [2.05, 4.69) is 25.1 Å². The molecular weight excluding hydrogens is 382 g/mol. The number of halogens is 3. The van der Waals surface area contributed by atoms with Gasteiger partial charge in [-0.1, -0.05) is 29.7 Å². The van der Waals surface area contributed by atoms with Crippen molar-refractivity contribution in [2.45, 2.75) is 12.9 Å². The van der Waals surface area contributed by atoms with Gasteiger partial charge < -0.3 is 10.1 Å². The Balaban J connectivity index is 1.55. The first-order valence-electron chi connectivity index (χ1n) is 8.51. The van der Waals surface area contributed by atoms with Gasteiger partial charge in [-0.25, -0.2) is 9.97 Å². The molecule has 0 bridgehead atoms. The van der Waals surface area contributed by atoms with Crippen LogP contribution in [0.3, 0.4) is 0 Å². The van der Waals surface area contributed by atoms with E-state index in [0.717, 1.165) is 5.56 Å². The smallest absolute Gasteiger partial charge is 0.406 e. The van der Waals surface area contributed by atoms with Gasteiger partial charge in [-0.05, 0) is 29.8 Å². The third-order valence-electron chi connectivity index (χ3n) is 4.01. The van der Waals surface area contributed by atoms with Crippen molar-refractivity contribution in [1.82, 2.24) is 19.7 Å². The first-order chi connectivity index (χ1) is 13.9. The van der Waals surface area contributed by atoms with Crippen LogP contribution in [0.4, 0.5) is 24.7 Å². The van der Waals surface area contributed by atoms with Crippen LogP contribution in [0, 0.1) is 0 Å². The van der Waals surface area contributed by atoms with E-state index in [1.54, 1.807) is 10.9 Å². The summed E-state index contributed by atoms with van der Waals surface area (Å²) in [6.45, 7) is 0.504. The highest BCUT2D eigenvalue weighted by Gasteiger charge is 2.30. The number of benzene rings is 2. The zero-order chi connectivity index (χ0) is 20.4. The number of hydrogen-bond donors (Lipinski definition) is 1. The molecule has 4 rings (SSSR count). The number of aromatic nitrogens is 4. The summed E-state index contributed by atoms with van der Waals surface area (Å²) in [4.78, 5) is 8.38. The maximum atomic E-state index is 12.3. The zero-order valence-electron chi connectivity index (χ0n) is 14.9. The van der Waals surface area contributed by atoms with Gasteiger partial charge in [0.15, 0.2) is 5.65 Å². The van der Waals surface area contributed by atoms with Crippen LogP contribution in [0.1, 0.15) is 5.56 Å². The van der Waals surface area contributed by atoms with E-state index in [-0.39, 0.29) is 5.75 Å². The van der Waals surface area contributed by atoms with Crippen LogP contribution in [-0.4, -0.2) is 34.0 Å². The van der Waals surface area contributed by atoms with Crippen molar-refractivity contribution in [3.63, 3.8) is 0 Å². The molecule has 0 saturated carbocycles. The number of alkyl halides is 3. The monoisotopic (exact) mass is 395 g/mol. The van der Waals surface area contributed by atoms with E-state index in [4.69, 9.17) is 7.85 Å². The van der Waals surface area contributed by atoms with Gasteiger partial charge in [0.2, 0.25) is 0 Å². The Bertz CT molecular complexity index is 1140. The van der Waals surface area contributed by atoms with Crippen LogP contribution < -0.4 is 15.5 Å². The number of rotatable bonds is 5. The minimum atomic E-state index is -4.73. The summed E-state index contributed by atoms with van der Waals surface area (Å²) in [6, 6.07) is 12.8. The molecule has 0 amide bonds. The topological polar surface area (TPSA) is 64.9 Å². The lowest BCUT2D eigenvalue weighted by atomic mass is 9.94. The van der Waals surface area contributed by atoms with Gasteiger partial charge in [0.1, 0.15) is 25.7 Å². The maximum Gasteiger partial charge on any atom is 0.573 e. The molecule has 6 nitrogen and oxygen atoms in total. The lowest BCUT2D eigenvalue weighted by Crippen LogP contribution is -2.16. The molecule has 1 N–H and O–H groups in total. The molecule has 0 atom stereocenters. The summed E-state index contributed by atoms with van der Waals surface area (Å²) < 4.78 is 42.4. The Labute approximate surface area is 164 Å². The molecule has 144 valence electrons. The predicted molar refractivity (Wildman–Crippen MR) is 103 cm³/mol. The number of fused-ring (bicyclic) bond motifs is 1. The van der Waals surface area contributed by atoms with Crippen LogP contribution in [-0.2, 0) is 6.54 Å². The molecule has 10 heteroatoms. The van der Waals surface area contributed by atoms with E-state index < -0.39 is 6.36 Å². The van der Waals surface area contributed by atoms with Gasteiger partial charge in [0.25, 0.3) is 0 Å². The predicted octanol–water partition coefficient (Wildman–Crippen LogP) is 3.31. The summed E-state index contributed by atoms with van der Waals surface area (Å²) >= 11 is 0. The molecule has 2 heterocycles. The molecule has 0 spiro atoms. The normalized spacial score (nSPS) is 11.6. The largest absolute Gasteiger partial charge is 0.573 e. The summed E-state index contributed by atoms with van der Waals surface area (Å²) in [5, 5.41) is 8.17. The van der Waals surface area contributed by atoms with Gasteiger partial charge in [-0.15, -0.1) is 13.2 Å². The van der Waals surface area contributed by atoms with E-state index in [0.29, 0.717) is 34.5 Å². The lowest BCUT2D eigenvalue weighted by Gasteiger charge is -2.10. The summed E-state index contributed by atoms with van der Waals surface area (Å²) in [6.07, 6.45) is -1.57. The summed E-state index contributed by atoms with van der Waals surface area (Å²) in [7, 11) is 5.81. The molecule has 0 saturated heterocycles. The standard InChI is InChI=1S/C19H13BF3N5O/c20-13-3-1-2-12(8-13)9-28-10-16-17(24-11-25-18(16)27-28)26-14-4-6-15(7-5-14)29-19(21,22)23/h1-8,10-11H,9H2,(H,24,25,26,27). The van der Waals surface area contributed by atoms with Gasteiger partial charge in [0, 0.05) is 11.9 Å². The Morgan fingerprint density at radius 3 is 2.59 bits per heavy atom. The second kappa shape index (κ2) is 7.46. The van der Waals surface area contributed by atoms with Crippen LogP contribution >= 0.6 is 0 Å². The highest BCUT2D eigenvalue weighted by molar-refractivity contribution is 6.32. The number of nitrogens with zero attached hydrogens (tertiary/aromatic N) is 4. The van der Waals surface area contributed by atoms with Crippen molar-refractivity contribution in [3.8, 4) is 5.75 Å². The SMILES string of the molecule is [B]c1cccc(Cn2cc3c(Nc4ccc(OC(F)(F)F)cc4)ncnc3n2)c1.